The normalized spacial score (nSPS) is 19.6. The van der Waals surface area contributed by atoms with Crippen molar-refractivity contribution in [3.63, 3.8) is 0 Å². The number of halogens is 4. The van der Waals surface area contributed by atoms with Crippen LogP contribution in [0.4, 0.5) is 19.0 Å². The molecule has 0 radical (unpaired) electrons. The molecule has 0 spiro atoms. The number of anilines is 1. The molecule has 0 saturated heterocycles. The van der Waals surface area contributed by atoms with E-state index >= 15 is 0 Å². The molecule has 0 bridgehead atoms. The van der Waals surface area contributed by atoms with E-state index in [0.29, 0.717) is 24.6 Å². The zero-order valence-electron chi connectivity index (χ0n) is 15.8. The third-order valence-electron chi connectivity index (χ3n) is 5.47. The Hall–Kier alpha value is -2.33. The SMILES string of the molecule is CN(c1ncnc2[nH]ccc12)[C@H]1C[C@@H](CS(=O)(=O)c2cc(C(F)(F)F)ccc2Cl)C1. The predicted octanol–water partition coefficient (Wildman–Crippen LogP) is 4.32. The maximum atomic E-state index is 13.0. The van der Waals surface area contributed by atoms with Gasteiger partial charge in [-0.25, -0.2) is 18.4 Å². The number of rotatable bonds is 5. The Bertz CT molecular complexity index is 1190. The Kier molecular flexibility index (Phi) is 5.17. The van der Waals surface area contributed by atoms with E-state index in [-0.39, 0.29) is 22.7 Å². The zero-order chi connectivity index (χ0) is 21.7. The van der Waals surface area contributed by atoms with Crippen LogP contribution in [0.3, 0.4) is 0 Å². The molecule has 1 saturated carbocycles. The number of alkyl halides is 3. The molecule has 30 heavy (non-hydrogen) atoms. The summed E-state index contributed by atoms with van der Waals surface area (Å²) in [6.07, 6.45) is -0.239. The molecule has 1 aliphatic rings. The van der Waals surface area contributed by atoms with Crippen molar-refractivity contribution >= 4 is 38.3 Å². The number of nitrogens with zero attached hydrogens (tertiary/aromatic N) is 3. The van der Waals surface area contributed by atoms with Gasteiger partial charge in [-0.1, -0.05) is 11.6 Å². The first-order valence-electron chi connectivity index (χ1n) is 9.16. The first kappa shape index (κ1) is 20.9. The lowest BCUT2D eigenvalue weighted by Gasteiger charge is -2.41. The standard InChI is InChI=1S/C19H18ClF3N4O2S/c1-27(18-14-4-5-24-17(14)25-10-26-18)13-6-11(7-13)9-30(28,29)16-8-12(19(21,22)23)2-3-15(16)20/h2-5,8,10-11,13H,6-7,9H2,1H3,(H,24,25,26)/t11-,13+. The van der Waals surface area contributed by atoms with Crippen molar-refractivity contribution in [1.82, 2.24) is 15.0 Å². The van der Waals surface area contributed by atoms with E-state index in [0.717, 1.165) is 23.3 Å². The highest BCUT2D eigenvalue weighted by atomic mass is 35.5. The number of sulfone groups is 1. The quantitative estimate of drug-likeness (QED) is 0.616. The van der Waals surface area contributed by atoms with Gasteiger partial charge in [-0.2, -0.15) is 13.2 Å². The third kappa shape index (κ3) is 3.85. The smallest absolute Gasteiger partial charge is 0.356 e. The van der Waals surface area contributed by atoms with Gasteiger partial charge in [-0.05, 0) is 43.0 Å². The summed E-state index contributed by atoms with van der Waals surface area (Å²) >= 11 is 5.91. The van der Waals surface area contributed by atoms with Gasteiger partial charge < -0.3 is 9.88 Å². The van der Waals surface area contributed by atoms with Gasteiger partial charge in [-0.15, -0.1) is 0 Å². The summed E-state index contributed by atoms with van der Waals surface area (Å²) in [6.45, 7) is 0. The Morgan fingerprint density at radius 1 is 1.23 bits per heavy atom. The Labute approximate surface area is 176 Å². The van der Waals surface area contributed by atoms with Gasteiger partial charge in [0.1, 0.15) is 17.8 Å². The summed E-state index contributed by atoms with van der Waals surface area (Å²) in [5, 5.41) is 0.665. The van der Waals surface area contributed by atoms with Crippen LogP contribution in [0.15, 0.2) is 41.7 Å². The third-order valence-corrected chi connectivity index (χ3v) is 7.83. The maximum absolute atomic E-state index is 13.0. The number of H-pyrrole nitrogens is 1. The van der Waals surface area contributed by atoms with Gasteiger partial charge in [0.25, 0.3) is 0 Å². The number of benzene rings is 1. The van der Waals surface area contributed by atoms with Gasteiger partial charge in [0, 0.05) is 19.3 Å². The predicted molar refractivity (Wildman–Crippen MR) is 107 cm³/mol. The van der Waals surface area contributed by atoms with Gasteiger partial charge in [0.2, 0.25) is 0 Å². The molecule has 2 heterocycles. The molecule has 0 amide bonds. The van der Waals surface area contributed by atoms with Crippen LogP contribution in [0.25, 0.3) is 11.0 Å². The van der Waals surface area contributed by atoms with E-state index in [2.05, 4.69) is 15.0 Å². The first-order chi connectivity index (χ1) is 14.1. The molecule has 1 aromatic carbocycles. The van der Waals surface area contributed by atoms with Crippen LogP contribution in [-0.2, 0) is 16.0 Å². The Morgan fingerprint density at radius 3 is 2.67 bits per heavy atom. The van der Waals surface area contributed by atoms with E-state index < -0.39 is 26.5 Å². The summed E-state index contributed by atoms with van der Waals surface area (Å²) < 4.78 is 64.3. The second-order valence-electron chi connectivity index (χ2n) is 7.46. The molecule has 1 aliphatic carbocycles. The van der Waals surface area contributed by atoms with Crippen molar-refractivity contribution < 1.29 is 21.6 Å². The van der Waals surface area contributed by atoms with E-state index in [1.807, 2.05) is 18.0 Å². The van der Waals surface area contributed by atoms with E-state index in [4.69, 9.17) is 11.6 Å². The summed E-state index contributed by atoms with van der Waals surface area (Å²) in [5.41, 5.74) is -0.319. The van der Waals surface area contributed by atoms with Crippen LogP contribution in [0.2, 0.25) is 5.02 Å². The Balaban J connectivity index is 1.46. The van der Waals surface area contributed by atoms with Crippen molar-refractivity contribution in [2.45, 2.75) is 30.0 Å². The van der Waals surface area contributed by atoms with Crippen LogP contribution < -0.4 is 4.90 Å². The highest BCUT2D eigenvalue weighted by molar-refractivity contribution is 7.91. The number of nitrogens with one attached hydrogen (secondary N) is 1. The van der Waals surface area contributed by atoms with Crippen LogP contribution in [0, 0.1) is 5.92 Å². The molecule has 11 heteroatoms. The lowest BCUT2D eigenvalue weighted by Crippen LogP contribution is -2.45. The molecule has 2 aromatic heterocycles. The van der Waals surface area contributed by atoms with Gasteiger partial charge >= 0.3 is 6.18 Å². The van der Waals surface area contributed by atoms with Crippen LogP contribution in [0.1, 0.15) is 18.4 Å². The molecule has 4 rings (SSSR count). The first-order valence-corrected chi connectivity index (χ1v) is 11.2. The molecular formula is C19H18ClF3N4O2S. The minimum absolute atomic E-state index is 0.0789. The average molecular weight is 459 g/mol. The molecular weight excluding hydrogens is 441 g/mol. The lowest BCUT2D eigenvalue weighted by atomic mass is 9.81. The number of aromatic amines is 1. The molecule has 0 aliphatic heterocycles. The second kappa shape index (κ2) is 7.42. The highest BCUT2D eigenvalue weighted by Gasteiger charge is 2.38. The number of hydrogen-bond acceptors (Lipinski definition) is 5. The number of fused-ring (bicyclic) bond motifs is 1. The molecule has 3 aromatic rings. The van der Waals surface area contributed by atoms with E-state index in [9.17, 15) is 21.6 Å². The van der Waals surface area contributed by atoms with Crippen molar-refractivity contribution in [1.29, 1.82) is 0 Å². The topological polar surface area (TPSA) is 79.0 Å². The van der Waals surface area contributed by atoms with Crippen LogP contribution >= 0.6 is 11.6 Å². The average Bonchev–Trinajstić information content (AvgIpc) is 3.12. The molecule has 0 unspecified atom stereocenters. The fourth-order valence-electron chi connectivity index (χ4n) is 3.78. The van der Waals surface area contributed by atoms with E-state index in [1.165, 1.54) is 6.33 Å². The lowest BCUT2D eigenvalue weighted by molar-refractivity contribution is -0.137. The van der Waals surface area contributed by atoms with E-state index in [1.54, 1.807) is 6.20 Å². The fourth-order valence-corrected chi connectivity index (χ4v) is 6.00. The number of aromatic nitrogens is 3. The minimum atomic E-state index is -4.64. The molecule has 1 fully saturated rings. The molecule has 160 valence electrons. The fraction of sp³-hybridized carbons (Fsp3) is 0.368. The van der Waals surface area contributed by atoms with Crippen molar-refractivity contribution in [2.24, 2.45) is 5.92 Å². The second-order valence-corrected chi connectivity index (χ2v) is 9.87. The van der Waals surface area contributed by atoms with Gasteiger partial charge in [-0.3, -0.25) is 0 Å². The molecule has 0 atom stereocenters. The Morgan fingerprint density at radius 2 is 1.97 bits per heavy atom. The zero-order valence-corrected chi connectivity index (χ0v) is 17.4. The molecule has 6 nitrogen and oxygen atoms in total. The monoisotopic (exact) mass is 458 g/mol. The van der Waals surface area contributed by atoms with Crippen molar-refractivity contribution in [2.75, 3.05) is 17.7 Å². The summed E-state index contributed by atoms with van der Waals surface area (Å²) in [4.78, 5) is 13.0. The molecule has 1 N–H and O–H groups in total. The minimum Gasteiger partial charge on any atom is -0.356 e. The number of hydrogen-bond donors (Lipinski definition) is 1. The highest BCUT2D eigenvalue weighted by Crippen LogP contribution is 2.38. The largest absolute Gasteiger partial charge is 0.416 e. The summed E-state index contributed by atoms with van der Waals surface area (Å²) in [6, 6.07) is 4.32. The van der Waals surface area contributed by atoms with Crippen molar-refractivity contribution in [3.8, 4) is 0 Å². The van der Waals surface area contributed by atoms with Crippen molar-refractivity contribution in [3.05, 3.63) is 47.4 Å². The summed E-state index contributed by atoms with van der Waals surface area (Å²) in [7, 11) is -2.07. The summed E-state index contributed by atoms with van der Waals surface area (Å²) in [5.74, 6) is 0.326. The van der Waals surface area contributed by atoms with Crippen LogP contribution in [-0.4, -0.2) is 42.2 Å². The maximum Gasteiger partial charge on any atom is 0.416 e. The van der Waals surface area contributed by atoms with Gasteiger partial charge in [0.05, 0.1) is 26.6 Å². The van der Waals surface area contributed by atoms with Gasteiger partial charge in [0.15, 0.2) is 9.84 Å². The van der Waals surface area contributed by atoms with Crippen LogP contribution in [0.5, 0.6) is 0 Å².